The van der Waals surface area contributed by atoms with E-state index in [4.69, 9.17) is 18.3 Å². The third-order valence-electron chi connectivity index (χ3n) is 10.2. The molecule has 43 heavy (non-hydrogen) atoms. The van der Waals surface area contributed by atoms with Crippen LogP contribution in [0.3, 0.4) is 0 Å². The first-order valence-corrected chi connectivity index (χ1v) is 20.7. The largest absolute Gasteiger partial charge is 0.410 e. The summed E-state index contributed by atoms with van der Waals surface area (Å²) in [6.45, 7) is 23.4. The van der Waals surface area contributed by atoms with E-state index in [9.17, 15) is 5.11 Å². The molecule has 0 bridgehead atoms. The molecule has 0 amide bonds. The molecule has 2 aromatic carbocycles. The Hall–Kier alpha value is -1.33. The number of ether oxygens (including phenoxy) is 2. The Kier molecular flexibility index (Phi) is 10.9. The fourth-order valence-corrected chi connectivity index (χ4v) is 18.4. The Balaban J connectivity index is 1.64. The molecular weight excluding hydrogens is 569 g/mol. The van der Waals surface area contributed by atoms with Crippen LogP contribution in [0.25, 0.3) is 0 Å². The van der Waals surface area contributed by atoms with Gasteiger partial charge in [0.1, 0.15) is 6.10 Å². The molecule has 2 saturated heterocycles. The van der Waals surface area contributed by atoms with Crippen LogP contribution in [0.5, 0.6) is 0 Å². The molecule has 0 aromatic heterocycles. The van der Waals surface area contributed by atoms with E-state index in [2.05, 4.69) is 130 Å². The van der Waals surface area contributed by atoms with Gasteiger partial charge < -0.3 is 23.4 Å². The second-order valence-corrected chi connectivity index (χ2v) is 24.7. The van der Waals surface area contributed by atoms with Crippen LogP contribution in [0.1, 0.15) is 94.9 Å². The zero-order chi connectivity index (χ0) is 31.6. The van der Waals surface area contributed by atoms with Gasteiger partial charge in [-0.05, 0) is 51.8 Å². The molecule has 0 unspecified atom stereocenters. The van der Waals surface area contributed by atoms with Crippen LogP contribution in [0.4, 0.5) is 0 Å². The van der Waals surface area contributed by atoms with Crippen molar-refractivity contribution in [1.29, 1.82) is 0 Å². The second kappa shape index (κ2) is 13.6. The predicted molar refractivity (Wildman–Crippen MR) is 182 cm³/mol. The van der Waals surface area contributed by atoms with Gasteiger partial charge >= 0.3 is 0 Å². The molecule has 7 heteroatoms. The molecule has 4 rings (SSSR count). The summed E-state index contributed by atoms with van der Waals surface area (Å²) in [7, 11) is -4.90. The van der Waals surface area contributed by atoms with E-state index in [-0.39, 0.29) is 23.4 Å². The van der Waals surface area contributed by atoms with Gasteiger partial charge in [0.25, 0.3) is 8.32 Å². The SMILES string of the molecule is CC(C)[Si](O[C@H]1C[C@@H](CCO[Si](c2ccccc2)(c2ccccc2)C(C)(C)C)O[C@]2(CC[C@H](C)O2)[C@@H]1O)(C(C)C)C(C)C. The van der Waals surface area contributed by atoms with Gasteiger partial charge in [0.2, 0.25) is 8.32 Å². The van der Waals surface area contributed by atoms with Crippen molar-refractivity contribution in [3.05, 3.63) is 60.7 Å². The molecule has 1 spiro atoms. The molecule has 0 saturated carbocycles. The highest BCUT2D eigenvalue weighted by Gasteiger charge is 2.57. The standard InChI is InChI=1S/C36H58O5Si2/c1-26(2)42(27(3)4,28(5)6)41-33-25-30(40-36(34(33)37)23-21-29(7)39-36)22-24-38-43(35(8,9)10,31-17-13-11-14-18-31)32-19-15-12-16-20-32/h11-20,26-30,33-34,37H,21-25H2,1-10H3/t29-,30+,33-,34+,36+/m0/s1. The van der Waals surface area contributed by atoms with E-state index < -0.39 is 28.5 Å². The lowest BCUT2D eigenvalue weighted by atomic mass is 9.92. The molecular formula is C36H58O5Si2. The number of hydrogen-bond donors (Lipinski definition) is 1. The van der Waals surface area contributed by atoms with Gasteiger partial charge in [0.15, 0.2) is 5.79 Å². The number of aliphatic hydroxyl groups excluding tert-OH is 1. The topological polar surface area (TPSA) is 57.2 Å². The zero-order valence-electron chi connectivity index (χ0n) is 28.4. The second-order valence-electron chi connectivity index (χ2n) is 15.0. The lowest BCUT2D eigenvalue weighted by molar-refractivity contribution is -0.330. The van der Waals surface area contributed by atoms with E-state index in [1.54, 1.807) is 0 Å². The third-order valence-corrected chi connectivity index (χ3v) is 21.4. The molecule has 2 heterocycles. The third kappa shape index (κ3) is 6.65. The van der Waals surface area contributed by atoms with Gasteiger partial charge in [-0.15, -0.1) is 0 Å². The van der Waals surface area contributed by atoms with Crippen LogP contribution < -0.4 is 10.4 Å². The van der Waals surface area contributed by atoms with E-state index in [1.807, 2.05) is 0 Å². The van der Waals surface area contributed by atoms with Crippen molar-refractivity contribution in [2.45, 2.75) is 147 Å². The lowest BCUT2D eigenvalue weighted by Crippen LogP contribution is -2.67. The summed E-state index contributed by atoms with van der Waals surface area (Å²) in [5.41, 5.74) is 1.29. The summed E-state index contributed by atoms with van der Waals surface area (Å²) >= 11 is 0. The maximum absolute atomic E-state index is 11.8. The maximum Gasteiger partial charge on any atom is 0.261 e. The summed E-state index contributed by atoms with van der Waals surface area (Å²) in [5, 5.41) is 14.3. The van der Waals surface area contributed by atoms with Gasteiger partial charge in [0, 0.05) is 19.4 Å². The van der Waals surface area contributed by atoms with Gasteiger partial charge in [0.05, 0.1) is 18.3 Å². The van der Waals surface area contributed by atoms with Crippen LogP contribution in [0.2, 0.25) is 21.7 Å². The fraction of sp³-hybridized carbons (Fsp3) is 0.667. The molecule has 2 aliphatic rings. The molecule has 240 valence electrons. The van der Waals surface area contributed by atoms with Gasteiger partial charge in [-0.2, -0.15) is 0 Å². The minimum absolute atomic E-state index is 0.0460. The summed E-state index contributed by atoms with van der Waals surface area (Å²) in [5.74, 6) is -1.02. The van der Waals surface area contributed by atoms with E-state index in [0.29, 0.717) is 36.1 Å². The smallest absolute Gasteiger partial charge is 0.261 e. The average molecular weight is 627 g/mol. The Morgan fingerprint density at radius 1 is 0.860 bits per heavy atom. The van der Waals surface area contributed by atoms with Crippen molar-refractivity contribution >= 4 is 27.0 Å². The minimum atomic E-state index is -2.66. The quantitative estimate of drug-likeness (QED) is 0.261. The van der Waals surface area contributed by atoms with E-state index >= 15 is 0 Å². The molecule has 2 aromatic rings. The summed E-state index contributed by atoms with van der Waals surface area (Å²) in [4.78, 5) is 0. The first kappa shape index (κ1) is 34.5. The first-order chi connectivity index (χ1) is 20.2. The van der Waals surface area contributed by atoms with E-state index in [0.717, 1.165) is 12.8 Å². The normalized spacial score (nSPS) is 27.1. The predicted octanol–water partition coefficient (Wildman–Crippen LogP) is 7.56. The summed E-state index contributed by atoms with van der Waals surface area (Å²) in [6.07, 6.45) is 1.70. The Morgan fingerprint density at radius 3 is 1.79 bits per heavy atom. The van der Waals surface area contributed by atoms with Crippen molar-refractivity contribution in [2.75, 3.05) is 6.61 Å². The van der Waals surface area contributed by atoms with Crippen LogP contribution in [0, 0.1) is 0 Å². The van der Waals surface area contributed by atoms with Crippen LogP contribution >= 0.6 is 0 Å². The molecule has 0 radical (unpaired) electrons. The Bertz CT molecular complexity index is 1090. The average Bonchev–Trinajstić information content (AvgIpc) is 3.32. The molecule has 0 aliphatic carbocycles. The molecule has 5 nitrogen and oxygen atoms in total. The maximum atomic E-state index is 11.8. The van der Waals surface area contributed by atoms with Crippen molar-refractivity contribution in [1.82, 2.24) is 0 Å². The van der Waals surface area contributed by atoms with Crippen molar-refractivity contribution < 1.29 is 23.4 Å². The molecule has 5 atom stereocenters. The highest BCUT2D eigenvalue weighted by atomic mass is 28.4. The molecule has 2 aliphatic heterocycles. The van der Waals surface area contributed by atoms with Gasteiger partial charge in [-0.25, -0.2) is 0 Å². The molecule has 1 N–H and O–H groups in total. The van der Waals surface area contributed by atoms with Gasteiger partial charge in [-0.3, -0.25) is 0 Å². The van der Waals surface area contributed by atoms with Crippen LogP contribution in [-0.2, 0) is 18.3 Å². The monoisotopic (exact) mass is 626 g/mol. The van der Waals surface area contributed by atoms with Crippen LogP contribution in [-0.4, -0.2) is 58.6 Å². The van der Waals surface area contributed by atoms with Crippen molar-refractivity contribution in [2.24, 2.45) is 0 Å². The minimum Gasteiger partial charge on any atom is -0.410 e. The Morgan fingerprint density at radius 2 is 1.37 bits per heavy atom. The number of benzene rings is 2. The number of aliphatic hydroxyl groups is 1. The van der Waals surface area contributed by atoms with Crippen molar-refractivity contribution in [3.63, 3.8) is 0 Å². The fourth-order valence-electron chi connectivity index (χ4n) is 8.30. The highest BCUT2D eigenvalue weighted by Crippen LogP contribution is 2.48. The number of hydrogen-bond acceptors (Lipinski definition) is 5. The number of rotatable bonds is 11. The lowest BCUT2D eigenvalue weighted by Gasteiger charge is -2.51. The molecule has 2 fully saturated rings. The summed E-state index contributed by atoms with van der Waals surface area (Å²) in [6, 6.07) is 21.6. The summed E-state index contributed by atoms with van der Waals surface area (Å²) < 4.78 is 27.7. The van der Waals surface area contributed by atoms with Gasteiger partial charge in [-0.1, -0.05) is 123 Å². The zero-order valence-corrected chi connectivity index (χ0v) is 30.4. The first-order valence-electron chi connectivity index (χ1n) is 16.7. The van der Waals surface area contributed by atoms with Crippen LogP contribution in [0.15, 0.2) is 60.7 Å². The highest BCUT2D eigenvalue weighted by molar-refractivity contribution is 6.99. The Labute approximate surface area is 263 Å². The van der Waals surface area contributed by atoms with Crippen molar-refractivity contribution in [3.8, 4) is 0 Å². The van der Waals surface area contributed by atoms with E-state index in [1.165, 1.54) is 10.4 Å².